The Bertz CT molecular complexity index is 1030. The zero-order chi connectivity index (χ0) is 20.0. The largest absolute Gasteiger partial charge is 0.493 e. The number of oxime groups is 1. The fourth-order valence-electron chi connectivity index (χ4n) is 3.29. The van der Waals surface area contributed by atoms with Crippen molar-refractivity contribution < 1.29 is 28.3 Å². The van der Waals surface area contributed by atoms with Crippen molar-refractivity contribution in [3.8, 4) is 11.5 Å². The normalized spacial score (nSPS) is 20.7. The number of carbonyl (C=O) groups excluding carboxylic acids is 2. The van der Waals surface area contributed by atoms with Crippen LogP contribution >= 0.6 is 11.6 Å². The monoisotopic (exact) mass is 404 g/mol. The van der Waals surface area contributed by atoms with E-state index in [2.05, 4.69) is 5.16 Å². The fourth-order valence-corrected chi connectivity index (χ4v) is 3.46. The van der Waals surface area contributed by atoms with Crippen LogP contribution in [0.25, 0.3) is 0 Å². The molecule has 2 aromatic rings. The highest BCUT2D eigenvalue weighted by atomic mass is 35.5. The van der Waals surface area contributed by atoms with E-state index in [9.17, 15) is 14.0 Å². The molecule has 9 heteroatoms. The number of carbonyl (C=O) groups is 2. The second kappa shape index (κ2) is 6.79. The number of benzene rings is 2. The third-order valence-corrected chi connectivity index (χ3v) is 4.94. The van der Waals surface area contributed by atoms with Crippen molar-refractivity contribution in [2.24, 2.45) is 11.1 Å². The molecule has 0 bridgehead atoms. The molecule has 4 rings (SSSR count). The highest BCUT2D eigenvalue weighted by Crippen LogP contribution is 2.37. The molecule has 2 heterocycles. The van der Waals surface area contributed by atoms with Crippen LogP contribution in [0, 0.1) is 11.7 Å². The highest BCUT2D eigenvalue weighted by Gasteiger charge is 2.56. The molecule has 2 unspecified atom stereocenters. The Balaban J connectivity index is 1.70. The van der Waals surface area contributed by atoms with E-state index in [0.29, 0.717) is 22.8 Å². The Morgan fingerprint density at radius 3 is 2.50 bits per heavy atom. The molecule has 2 aromatic carbocycles. The van der Waals surface area contributed by atoms with Gasteiger partial charge in [-0.1, -0.05) is 16.8 Å². The van der Waals surface area contributed by atoms with E-state index in [4.69, 9.17) is 25.9 Å². The second-order valence-corrected chi connectivity index (χ2v) is 6.57. The Hall–Kier alpha value is -3.13. The third-order valence-electron chi connectivity index (χ3n) is 4.65. The van der Waals surface area contributed by atoms with Crippen molar-refractivity contribution in [2.45, 2.75) is 6.10 Å². The van der Waals surface area contributed by atoms with Crippen LogP contribution in [0.4, 0.5) is 10.1 Å². The zero-order valence-corrected chi connectivity index (χ0v) is 15.6. The van der Waals surface area contributed by atoms with Gasteiger partial charge in [-0.25, -0.2) is 9.29 Å². The number of hydrogen-bond donors (Lipinski definition) is 0. The van der Waals surface area contributed by atoms with E-state index in [-0.39, 0.29) is 10.7 Å². The Kier molecular flexibility index (Phi) is 4.43. The molecule has 2 aliphatic heterocycles. The first-order valence-electron chi connectivity index (χ1n) is 8.25. The predicted molar refractivity (Wildman–Crippen MR) is 98.3 cm³/mol. The van der Waals surface area contributed by atoms with E-state index in [0.717, 1.165) is 11.0 Å². The van der Waals surface area contributed by atoms with Crippen LogP contribution < -0.4 is 14.4 Å². The van der Waals surface area contributed by atoms with Gasteiger partial charge in [-0.2, -0.15) is 0 Å². The highest BCUT2D eigenvalue weighted by molar-refractivity contribution is 6.34. The van der Waals surface area contributed by atoms with Gasteiger partial charge in [0, 0.05) is 5.56 Å². The number of nitrogens with zero attached hydrogens (tertiary/aromatic N) is 2. The fraction of sp³-hybridized carbons (Fsp3) is 0.211. The molecule has 0 aromatic heterocycles. The SMILES string of the molecule is COc1ccc(C2=NOC3C(=O)N(c4ccc(F)c(Cl)c4)C(=O)C23)cc1OC. The smallest absolute Gasteiger partial charge is 0.278 e. The molecular formula is C19H14ClFN2O5. The van der Waals surface area contributed by atoms with E-state index in [1.54, 1.807) is 18.2 Å². The Morgan fingerprint density at radius 2 is 1.82 bits per heavy atom. The minimum Gasteiger partial charge on any atom is -0.493 e. The number of hydrogen-bond acceptors (Lipinski definition) is 6. The summed E-state index contributed by atoms with van der Waals surface area (Å²) in [6, 6.07) is 8.64. The summed E-state index contributed by atoms with van der Waals surface area (Å²) in [6.07, 6.45) is -1.08. The molecule has 1 fully saturated rings. The van der Waals surface area contributed by atoms with Gasteiger partial charge in [0.15, 0.2) is 11.5 Å². The summed E-state index contributed by atoms with van der Waals surface area (Å²) < 4.78 is 23.9. The van der Waals surface area contributed by atoms with Gasteiger partial charge >= 0.3 is 0 Å². The first-order chi connectivity index (χ1) is 13.5. The maximum Gasteiger partial charge on any atom is 0.278 e. The number of amides is 2. The van der Waals surface area contributed by atoms with Gasteiger partial charge in [0.2, 0.25) is 12.0 Å². The summed E-state index contributed by atoms with van der Waals surface area (Å²) >= 11 is 5.79. The topological polar surface area (TPSA) is 77.4 Å². The van der Waals surface area contributed by atoms with Crippen molar-refractivity contribution in [1.82, 2.24) is 0 Å². The standard InChI is InChI=1S/C19H14ClFN2O5/c1-26-13-6-3-9(7-14(13)27-2)16-15-17(28-22-16)19(25)23(18(15)24)10-4-5-12(21)11(20)8-10/h3-8,15,17H,1-2H3. The van der Waals surface area contributed by atoms with Gasteiger partial charge in [0.05, 0.1) is 24.9 Å². The van der Waals surface area contributed by atoms with Crippen LogP contribution in [0.15, 0.2) is 41.6 Å². The van der Waals surface area contributed by atoms with Crippen molar-refractivity contribution in [1.29, 1.82) is 0 Å². The summed E-state index contributed by atoms with van der Waals surface area (Å²) in [7, 11) is 3.00. The molecule has 2 aliphatic rings. The van der Waals surface area contributed by atoms with Gasteiger partial charge in [0.1, 0.15) is 17.4 Å². The van der Waals surface area contributed by atoms with Crippen LogP contribution in [-0.2, 0) is 14.4 Å². The van der Waals surface area contributed by atoms with Gasteiger partial charge < -0.3 is 14.3 Å². The van der Waals surface area contributed by atoms with Gasteiger partial charge in [-0.15, -0.1) is 0 Å². The number of fused-ring (bicyclic) bond motifs is 1. The van der Waals surface area contributed by atoms with Crippen LogP contribution in [-0.4, -0.2) is 37.8 Å². The Morgan fingerprint density at radius 1 is 1.07 bits per heavy atom. The molecule has 0 radical (unpaired) electrons. The predicted octanol–water partition coefficient (Wildman–Crippen LogP) is 2.79. The second-order valence-electron chi connectivity index (χ2n) is 6.16. The maximum absolute atomic E-state index is 13.4. The molecule has 2 atom stereocenters. The van der Waals surface area contributed by atoms with E-state index < -0.39 is 29.7 Å². The number of methoxy groups -OCH3 is 2. The van der Waals surface area contributed by atoms with Gasteiger partial charge in [-0.3, -0.25) is 9.59 Å². The van der Waals surface area contributed by atoms with Crippen molar-refractivity contribution in [3.63, 3.8) is 0 Å². The maximum atomic E-state index is 13.4. The van der Waals surface area contributed by atoms with Crippen LogP contribution in [0.2, 0.25) is 5.02 Å². The van der Waals surface area contributed by atoms with Crippen LogP contribution in [0.5, 0.6) is 11.5 Å². The lowest BCUT2D eigenvalue weighted by Gasteiger charge is -2.16. The molecule has 1 saturated heterocycles. The van der Waals surface area contributed by atoms with E-state index in [1.165, 1.54) is 26.4 Å². The lowest BCUT2D eigenvalue weighted by atomic mass is 9.94. The van der Waals surface area contributed by atoms with Crippen molar-refractivity contribution in [2.75, 3.05) is 19.1 Å². The number of imide groups is 1. The van der Waals surface area contributed by atoms with E-state index >= 15 is 0 Å². The first-order valence-corrected chi connectivity index (χ1v) is 8.63. The molecule has 0 N–H and O–H groups in total. The number of ether oxygens (including phenoxy) is 2. The van der Waals surface area contributed by atoms with Crippen LogP contribution in [0.3, 0.4) is 0 Å². The summed E-state index contributed by atoms with van der Waals surface area (Å²) in [5.74, 6) is -1.72. The molecular weight excluding hydrogens is 391 g/mol. The minimum absolute atomic E-state index is 0.172. The molecule has 0 saturated carbocycles. The molecule has 2 amide bonds. The van der Waals surface area contributed by atoms with Crippen LogP contribution in [0.1, 0.15) is 5.56 Å². The summed E-state index contributed by atoms with van der Waals surface area (Å²) in [6.45, 7) is 0. The van der Waals surface area contributed by atoms with E-state index in [1.807, 2.05) is 0 Å². The summed E-state index contributed by atoms with van der Waals surface area (Å²) in [5, 5.41) is 3.76. The first kappa shape index (κ1) is 18.2. The molecule has 0 spiro atoms. The number of halogens is 2. The molecule has 7 nitrogen and oxygen atoms in total. The summed E-state index contributed by atoms with van der Waals surface area (Å²) in [4.78, 5) is 31.9. The Labute approximate surface area is 164 Å². The molecule has 0 aliphatic carbocycles. The zero-order valence-electron chi connectivity index (χ0n) is 14.8. The average molecular weight is 405 g/mol. The minimum atomic E-state index is -1.08. The third kappa shape index (κ3) is 2.68. The average Bonchev–Trinajstić information content (AvgIpc) is 3.24. The van der Waals surface area contributed by atoms with Gasteiger partial charge in [-0.05, 0) is 36.4 Å². The van der Waals surface area contributed by atoms with Gasteiger partial charge in [0.25, 0.3) is 5.91 Å². The lowest BCUT2D eigenvalue weighted by molar-refractivity contribution is -0.126. The van der Waals surface area contributed by atoms with Crippen molar-refractivity contribution >= 4 is 34.8 Å². The molecule has 28 heavy (non-hydrogen) atoms. The number of anilines is 1. The quantitative estimate of drug-likeness (QED) is 0.732. The molecule has 144 valence electrons. The summed E-state index contributed by atoms with van der Waals surface area (Å²) in [5.41, 5.74) is 1.04. The number of rotatable bonds is 4. The lowest BCUT2D eigenvalue weighted by Crippen LogP contribution is -2.33. The van der Waals surface area contributed by atoms with Crippen molar-refractivity contribution in [3.05, 3.63) is 52.8 Å².